The van der Waals surface area contributed by atoms with Crippen molar-refractivity contribution in [2.75, 3.05) is 6.54 Å². The quantitative estimate of drug-likeness (QED) is 0.887. The number of rotatable bonds is 6. The molecule has 2 rings (SSSR count). The van der Waals surface area contributed by atoms with Crippen molar-refractivity contribution in [3.63, 3.8) is 0 Å². The van der Waals surface area contributed by atoms with Gasteiger partial charge in [0.05, 0.1) is 10.4 Å². The predicted molar refractivity (Wildman–Crippen MR) is 85.3 cm³/mol. The number of nitrogens with zero attached hydrogens (tertiary/aromatic N) is 1. The molecular weight excluding hydrogens is 304 g/mol. The van der Waals surface area contributed by atoms with Crippen LogP contribution >= 0.6 is 22.9 Å². The molecule has 1 aromatic heterocycles. The van der Waals surface area contributed by atoms with Crippen molar-refractivity contribution in [1.29, 1.82) is 5.26 Å². The van der Waals surface area contributed by atoms with E-state index in [1.807, 2.05) is 42.5 Å². The maximum absolute atomic E-state index is 12.0. The third-order valence-corrected chi connectivity index (χ3v) is 4.35. The molecule has 0 aliphatic carbocycles. The van der Waals surface area contributed by atoms with E-state index in [0.29, 0.717) is 13.0 Å². The van der Waals surface area contributed by atoms with Gasteiger partial charge in [-0.25, -0.2) is 0 Å². The Morgan fingerprint density at radius 2 is 2.05 bits per heavy atom. The van der Waals surface area contributed by atoms with Crippen molar-refractivity contribution in [2.24, 2.45) is 5.92 Å². The molecule has 5 heteroatoms. The third kappa shape index (κ3) is 4.89. The van der Waals surface area contributed by atoms with Gasteiger partial charge in [-0.1, -0.05) is 41.9 Å². The van der Waals surface area contributed by atoms with Gasteiger partial charge in [0, 0.05) is 11.4 Å². The normalized spacial score (nSPS) is 11.6. The van der Waals surface area contributed by atoms with Gasteiger partial charge >= 0.3 is 0 Å². The molecule has 0 radical (unpaired) electrons. The largest absolute Gasteiger partial charge is 0.355 e. The fraction of sp³-hybridized carbons (Fsp3) is 0.250. The molecule has 108 valence electrons. The fourth-order valence-electron chi connectivity index (χ4n) is 1.96. The van der Waals surface area contributed by atoms with Crippen molar-refractivity contribution < 1.29 is 4.79 Å². The summed E-state index contributed by atoms with van der Waals surface area (Å²) in [5.74, 6) is -0.872. The van der Waals surface area contributed by atoms with Gasteiger partial charge in [0.15, 0.2) is 0 Å². The number of thiophene rings is 1. The zero-order chi connectivity index (χ0) is 15.1. The fourth-order valence-corrected chi connectivity index (χ4v) is 3.05. The minimum atomic E-state index is -0.653. The molecule has 1 unspecified atom stereocenters. The molecule has 1 amide bonds. The second-order valence-corrected chi connectivity index (χ2v) is 6.42. The summed E-state index contributed by atoms with van der Waals surface area (Å²) in [6, 6.07) is 15.4. The first-order valence-electron chi connectivity index (χ1n) is 6.64. The van der Waals surface area contributed by atoms with E-state index in [2.05, 4.69) is 11.4 Å². The molecule has 2 aromatic rings. The Morgan fingerprint density at radius 3 is 2.67 bits per heavy atom. The van der Waals surface area contributed by atoms with E-state index in [0.717, 1.165) is 21.2 Å². The first kappa shape index (κ1) is 15.6. The molecule has 1 atom stereocenters. The van der Waals surface area contributed by atoms with Gasteiger partial charge in [-0.3, -0.25) is 4.79 Å². The molecular formula is C16H15ClN2OS. The van der Waals surface area contributed by atoms with Crippen LogP contribution in [0.1, 0.15) is 10.4 Å². The van der Waals surface area contributed by atoms with Crippen molar-refractivity contribution in [3.05, 3.63) is 57.2 Å². The molecule has 1 N–H and O–H groups in total. The van der Waals surface area contributed by atoms with Gasteiger partial charge in [-0.05, 0) is 30.5 Å². The third-order valence-electron chi connectivity index (χ3n) is 3.05. The Labute approximate surface area is 133 Å². The van der Waals surface area contributed by atoms with Crippen LogP contribution in [0.15, 0.2) is 42.5 Å². The SMILES string of the molecule is N#CC(Cc1ccccc1)C(=O)NCCc1ccc(Cl)s1. The summed E-state index contributed by atoms with van der Waals surface area (Å²) in [4.78, 5) is 13.1. The number of carbonyl (C=O) groups excluding carboxylic acids is 1. The van der Waals surface area contributed by atoms with Gasteiger partial charge in [0.25, 0.3) is 0 Å². The zero-order valence-corrected chi connectivity index (χ0v) is 13.0. The Bertz CT molecular complexity index is 633. The summed E-state index contributed by atoms with van der Waals surface area (Å²) in [5, 5.41) is 12.0. The molecule has 0 aliphatic rings. The van der Waals surface area contributed by atoms with Crippen LogP contribution in [-0.4, -0.2) is 12.5 Å². The summed E-state index contributed by atoms with van der Waals surface area (Å²) in [7, 11) is 0. The minimum absolute atomic E-state index is 0.219. The molecule has 0 saturated carbocycles. The highest BCUT2D eigenvalue weighted by Gasteiger charge is 2.17. The first-order chi connectivity index (χ1) is 10.2. The van der Waals surface area contributed by atoms with E-state index in [1.54, 1.807) is 0 Å². The highest BCUT2D eigenvalue weighted by molar-refractivity contribution is 7.16. The number of halogens is 1. The standard InChI is InChI=1S/C16H15ClN2OS/c17-15-7-6-14(21-15)8-9-19-16(20)13(11-18)10-12-4-2-1-3-5-12/h1-7,13H,8-10H2,(H,19,20). The molecule has 0 aliphatic heterocycles. The van der Waals surface area contributed by atoms with Crippen LogP contribution in [0.2, 0.25) is 4.34 Å². The van der Waals surface area contributed by atoms with Crippen molar-refractivity contribution in [1.82, 2.24) is 5.32 Å². The Hall–Kier alpha value is -1.83. The van der Waals surface area contributed by atoms with Gasteiger partial charge < -0.3 is 5.32 Å². The average Bonchev–Trinajstić information content (AvgIpc) is 2.91. The van der Waals surface area contributed by atoms with E-state index < -0.39 is 5.92 Å². The smallest absolute Gasteiger partial charge is 0.237 e. The predicted octanol–water partition coefficient (Wildman–Crippen LogP) is 3.44. The van der Waals surface area contributed by atoms with Crippen molar-refractivity contribution >= 4 is 28.8 Å². The summed E-state index contributed by atoms with van der Waals surface area (Å²) in [6.45, 7) is 0.517. The molecule has 0 spiro atoms. The summed E-state index contributed by atoms with van der Waals surface area (Å²) >= 11 is 7.36. The Kier molecular flexibility index (Phi) is 5.79. The molecule has 0 fully saturated rings. The zero-order valence-electron chi connectivity index (χ0n) is 11.4. The van der Waals surface area contributed by atoms with Crippen molar-refractivity contribution in [2.45, 2.75) is 12.8 Å². The van der Waals surface area contributed by atoms with Crippen LogP contribution in [0.3, 0.4) is 0 Å². The number of nitriles is 1. The van der Waals surface area contributed by atoms with E-state index in [4.69, 9.17) is 16.9 Å². The monoisotopic (exact) mass is 318 g/mol. The van der Waals surface area contributed by atoms with Gasteiger partial charge in [0.1, 0.15) is 5.92 Å². The van der Waals surface area contributed by atoms with Crippen LogP contribution in [0.5, 0.6) is 0 Å². The number of benzene rings is 1. The van der Waals surface area contributed by atoms with E-state index >= 15 is 0 Å². The highest BCUT2D eigenvalue weighted by atomic mass is 35.5. The number of hydrogen-bond donors (Lipinski definition) is 1. The minimum Gasteiger partial charge on any atom is -0.355 e. The molecule has 0 bridgehead atoms. The first-order valence-corrected chi connectivity index (χ1v) is 7.84. The van der Waals surface area contributed by atoms with Crippen LogP contribution in [0.25, 0.3) is 0 Å². The summed E-state index contributed by atoms with van der Waals surface area (Å²) < 4.78 is 0.746. The van der Waals surface area contributed by atoms with Crippen LogP contribution in [0.4, 0.5) is 0 Å². The second-order valence-electron chi connectivity index (χ2n) is 4.62. The second kappa shape index (κ2) is 7.82. The summed E-state index contributed by atoms with van der Waals surface area (Å²) in [5.41, 5.74) is 0.990. The maximum Gasteiger partial charge on any atom is 0.237 e. The number of nitrogens with one attached hydrogen (secondary N) is 1. The lowest BCUT2D eigenvalue weighted by Gasteiger charge is -2.10. The van der Waals surface area contributed by atoms with E-state index in [-0.39, 0.29) is 5.91 Å². The number of hydrogen-bond acceptors (Lipinski definition) is 3. The Morgan fingerprint density at radius 1 is 1.29 bits per heavy atom. The maximum atomic E-state index is 12.0. The molecule has 3 nitrogen and oxygen atoms in total. The average molecular weight is 319 g/mol. The molecule has 1 heterocycles. The lowest BCUT2D eigenvalue weighted by Crippen LogP contribution is -2.32. The number of carbonyl (C=O) groups is 1. The Balaban J connectivity index is 1.82. The molecule has 1 aromatic carbocycles. The van der Waals surface area contributed by atoms with E-state index in [9.17, 15) is 4.79 Å². The molecule has 0 saturated heterocycles. The van der Waals surface area contributed by atoms with Crippen LogP contribution < -0.4 is 5.32 Å². The van der Waals surface area contributed by atoms with Crippen molar-refractivity contribution in [3.8, 4) is 6.07 Å². The highest BCUT2D eigenvalue weighted by Crippen LogP contribution is 2.21. The summed E-state index contributed by atoms with van der Waals surface area (Å²) in [6.07, 6.45) is 1.17. The van der Waals surface area contributed by atoms with Crippen LogP contribution in [-0.2, 0) is 17.6 Å². The lowest BCUT2D eigenvalue weighted by molar-refractivity contribution is -0.123. The lowest BCUT2D eigenvalue weighted by atomic mass is 10.00. The van der Waals surface area contributed by atoms with Gasteiger partial charge in [0.2, 0.25) is 5.91 Å². The topological polar surface area (TPSA) is 52.9 Å². The number of amides is 1. The van der Waals surface area contributed by atoms with Crippen LogP contribution in [0, 0.1) is 17.2 Å². The van der Waals surface area contributed by atoms with Gasteiger partial charge in [-0.15, -0.1) is 11.3 Å². The van der Waals surface area contributed by atoms with E-state index in [1.165, 1.54) is 11.3 Å². The molecule has 21 heavy (non-hydrogen) atoms. The van der Waals surface area contributed by atoms with Gasteiger partial charge in [-0.2, -0.15) is 5.26 Å².